The Hall–Kier alpha value is -2.29. The Labute approximate surface area is 169 Å². The quantitative estimate of drug-likeness (QED) is 0.743. The number of hydrogen-bond acceptors (Lipinski definition) is 5. The van der Waals surface area contributed by atoms with Gasteiger partial charge in [-0.25, -0.2) is 8.42 Å². The molecule has 0 saturated carbocycles. The molecule has 1 heterocycles. The molecule has 2 N–H and O–H groups in total. The van der Waals surface area contributed by atoms with Crippen molar-refractivity contribution in [1.82, 2.24) is 4.72 Å². The van der Waals surface area contributed by atoms with Crippen LogP contribution in [-0.4, -0.2) is 33.6 Å². The number of benzene rings is 2. The fourth-order valence-corrected chi connectivity index (χ4v) is 4.25. The number of fused-ring (bicyclic) bond motifs is 1. The van der Waals surface area contributed by atoms with Crippen LogP contribution in [0.25, 0.3) is 0 Å². The number of anilines is 1. The summed E-state index contributed by atoms with van der Waals surface area (Å²) in [5.74, 6) is 0.0902. The zero-order valence-electron chi connectivity index (χ0n) is 15.4. The summed E-state index contributed by atoms with van der Waals surface area (Å²) in [6.07, 6.45) is 0. The van der Waals surface area contributed by atoms with E-state index in [1.807, 2.05) is 0 Å². The van der Waals surface area contributed by atoms with Crippen molar-refractivity contribution in [2.24, 2.45) is 5.92 Å². The highest BCUT2D eigenvalue weighted by atomic mass is 35.5. The fraction of sp³-hybridized carbons (Fsp3) is 0.316. The Morgan fingerprint density at radius 1 is 1.07 bits per heavy atom. The summed E-state index contributed by atoms with van der Waals surface area (Å²) in [6.45, 7) is 4.28. The Morgan fingerprint density at radius 2 is 1.79 bits per heavy atom. The van der Waals surface area contributed by atoms with Gasteiger partial charge in [-0.2, -0.15) is 4.72 Å². The molecule has 28 heavy (non-hydrogen) atoms. The van der Waals surface area contributed by atoms with E-state index in [9.17, 15) is 13.2 Å². The maximum absolute atomic E-state index is 12.8. The van der Waals surface area contributed by atoms with E-state index in [-0.39, 0.29) is 10.8 Å². The number of carbonyl (C=O) groups excluding carboxylic acids is 1. The van der Waals surface area contributed by atoms with Crippen LogP contribution in [0.2, 0.25) is 5.02 Å². The van der Waals surface area contributed by atoms with E-state index >= 15 is 0 Å². The summed E-state index contributed by atoms with van der Waals surface area (Å²) in [5.41, 5.74) is 0.488. The van der Waals surface area contributed by atoms with Gasteiger partial charge in [0.2, 0.25) is 15.9 Å². The van der Waals surface area contributed by atoms with E-state index < -0.39 is 22.0 Å². The van der Waals surface area contributed by atoms with E-state index in [0.29, 0.717) is 35.4 Å². The average molecular weight is 425 g/mol. The van der Waals surface area contributed by atoms with Gasteiger partial charge in [0, 0.05) is 16.8 Å². The van der Waals surface area contributed by atoms with E-state index in [0.717, 1.165) is 0 Å². The molecule has 0 unspecified atom stereocenters. The molecule has 0 spiro atoms. The van der Waals surface area contributed by atoms with Crippen LogP contribution in [-0.2, 0) is 14.8 Å². The molecule has 2 aromatic carbocycles. The molecule has 9 heteroatoms. The van der Waals surface area contributed by atoms with Gasteiger partial charge in [-0.05, 0) is 36.2 Å². The predicted octanol–water partition coefficient (Wildman–Crippen LogP) is 3.05. The molecule has 3 rings (SSSR count). The Kier molecular flexibility index (Phi) is 6.12. The standard InChI is InChI=1S/C19H21ClN2O5S/c1-12(2)18(19(23)21-14-5-3-4-13(20)10-14)22-28(24,25)15-6-7-16-17(11-15)27-9-8-26-16/h3-7,10-12,18,22H,8-9H2,1-2H3,(H,21,23)/t18-/m0/s1. The lowest BCUT2D eigenvalue weighted by Gasteiger charge is -2.23. The molecule has 1 aliphatic heterocycles. The molecule has 0 fully saturated rings. The Bertz CT molecular complexity index is 978. The highest BCUT2D eigenvalue weighted by molar-refractivity contribution is 7.89. The number of nitrogens with one attached hydrogen (secondary N) is 2. The topological polar surface area (TPSA) is 93.7 Å². The minimum atomic E-state index is -3.96. The van der Waals surface area contributed by atoms with Crippen molar-refractivity contribution < 1.29 is 22.7 Å². The minimum Gasteiger partial charge on any atom is -0.486 e. The highest BCUT2D eigenvalue weighted by Gasteiger charge is 2.29. The summed E-state index contributed by atoms with van der Waals surface area (Å²) in [6, 6.07) is 10.0. The number of ether oxygens (including phenoxy) is 2. The molecule has 0 bridgehead atoms. The lowest BCUT2D eigenvalue weighted by atomic mass is 10.0. The summed E-state index contributed by atoms with van der Waals surface area (Å²) >= 11 is 5.93. The lowest BCUT2D eigenvalue weighted by molar-refractivity contribution is -0.118. The second-order valence-electron chi connectivity index (χ2n) is 6.65. The molecule has 7 nitrogen and oxygen atoms in total. The van der Waals surface area contributed by atoms with Gasteiger partial charge in [0.15, 0.2) is 11.5 Å². The normalized spacial score (nSPS) is 14.6. The third-order valence-corrected chi connectivity index (χ3v) is 5.82. The molecule has 1 amide bonds. The average Bonchev–Trinajstić information content (AvgIpc) is 2.65. The van der Waals surface area contributed by atoms with Crippen LogP contribution in [0.15, 0.2) is 47.4 Å². The van der Waals surface area contributed by atoms with Gasteiger partial charge in [-0.3, -0.25) is 4.79 Å². The molecule has 0 saturated heterocycles. The number of halogens is 1. The molecular weight excluding hydrogens is 404 g/mol. The van der Waals surface area contributed by atoms with Crippen molar-refractivity contribution in [1.29, 1.82) is 0 Å². The molecule has 0 aromatic heterocycles. The van der Waals surface area contributed by atoms with Gasteiger partial charge >= 0.3 is 0 Å². The number of hydrogen-bond donors (Lipinski definition) is 2. The maximum atomic E-state index is 12.8. The Balaban J connectivity index is 1.80. The smallest absolute Gasteiger partial charge is 0.242 e. The lowest BCUT2D eigenvalue weighted by Crippen LogP contribution is -2.47. The van der Waals surface area contributed by atoms with Crippen LogP contribution in [0, 0.1) is 5.92 Å². The van der Waals surface area contributed by atoms with Gasteiger partial charge in [0.05, 0.1) is 4.90 Å². The third-order valence-electron chi connectivity index (χ3n) is 4.15. The van der Waals surface area contributed by atoms with Crippen LogP contribution >= 0.6 is 11.6 Å². The second kappa shape index (κ2) is 8.38. The molecular formula is C19H21ClN2O5S. The van der Waals surface area contributed by atoms with Crippen LogP contribution < -0.4 is 19.5 Å². The van der Waals surface area contributed by atoms with Crippen molar-refractivity contribution in [3.63, 3.8) is 0 Å². The number of rotatable bonds is 6. The van der Waals surface area contributed by atoms with Gasteiger partial charge < -0.3 is 14.8 Å². The number of carbonyl (C=O) groups is 1. The number of sulfonamides is 1. The van der Waals surface area contributed by atoms with Gasteiger partial charge in [0.25, 0.3) is 0 Å². The molecule has 1 aliphatic rings. The highest BCUT2D eigenvalue weighted by Crippen LogP contribution is 2.32. The first-order valence-electron chi connectivity index (χ1n) is 8.75. The van der Waals surface area contributed by atoms with Crippen LogP contribution in [0.1, 0.15) is 13.8 Å². The van der Waals surface area contributed by atoms with Crippen molar-refractivity contribution in [3.8, 4) is 11.5 Å². The molecule has 0 radical (unpaired) electrons. The van der Waals surface area contributed by atoms with Crippen LogP contribution in [0.4, 0.5) is 5.69 Å². The van der Waals surface area contributed by atoms with Crippen molar-refractivity contribution in [2.45, 2.75) is 24.8 Å². The largest absolute Gasteiger partial charge is 0.486 e. The molecule has 2 aromatic rings. The number of amides is 1. The van der Waals surface area contributed by atoms with Crippen LogP contribution in [0.3, 0.4) is 0 Å². The first-order valence-corrected chi connectivity index (χ1v) is 10.6. The zero-order chi connectivity index (χ0) is 20.3. The molecule has 0 aliphatic carbocycles. The van der Waals surface area contributed by atoms with E-state index in [2.05, 4.69) is 10.0 Å². The molecule has 1 atom stereocenters. The Morgan fingerprint density at radius 3 is 2.46 bits per heavy atom. The summed E-state index contributed by atoms with van der Waals surface area (Å²) in [4.78, 5) is 12.7. The van der Waals surface area contributed by atoms with Gasteiger partial charge in [-0.15, -0.1) is 0 Å². The zero-order valence-corrected chi connectivity index (χ0v) is 17.0. The summed E-state index contributed by atoms with van der Waals surface area (Å²) in [5, 5.41) is 3.16. The van der Waals surface area contributed by atoms with Crippen molar-refractivity contribution in [2.75, 3.05) is 18.5 Å². The van der Waals surface area contributed by atoms with E-state index in [4.69, 9.17) is 21.1 Å². The summed E-state index contributed by atoms with van der Waals surface area (Å²) < 4.78 is 39.0. The third kappa shape index (κ3) is 4.76. The van der Waals surface area contributed by atoms with Crippen molar-refractivity contribution >= 4 is 33.2 Å². The van der Waals surface area contributed by atoms with Crippen molar-refractivity contribution in [3.05, 3.63) is 47.5 Å². The van der Waals surface area contributed by atoms with Crippen LogP contribution in [0.5, 0.6) is 11.5 Å². The second-order valence-corrected chi connectivity index (χ2v) is 8.80. The van der Waals surface area contributed by atoms with E-state index in [1.54, 1.807) is 44.2 Å². The first-order chi connectivity index (χ1) is 13.3. The maximum Gasteiger partial charge on any atom is 0.242 e. The van der Waals surface area contributed by atoms with E-state index in [1.165, 1.54) is 12.1 Å². The SMILES string of the molecule is CC(C)[C@H](NS(=O)(=O)c1ccc2c(c1)OCCO2)C(=O)Nc1cccc(Cl)c1. The first kappa shape index (κ1) is 20.4. The van der Waals surface area contributed by atoms with Gasteiger partial charge in [0.1, 0.15) is 19.3 Å². The fourth-order valence-electron chi connectivity index (χ4n) is 2.70. The monoisotopic (exact) mass is 424 g/mol. The minimum absolute atomic E-state index is 0.00189. The molecule has 150 valence electrons. The van der Waals surface area contributed by atoms with Gasteiger partial charge in [-0.1, -0.05) is 31.5 Å². The summed E-state index contributed by atoms with van der Waals surface area (Å²) in [7, 11) is -3.96. The predicted molar refractivity (Wildman–Crippen MR) is 106 cm³/mol.